The van der Waals surface area contributed by atoms with Crippen molar-refractivity contribution < 1.29 is 80.2 Å². The Labute approximate surface area is 575 Å². The van der Waals surface area contributed by atoms with Gasteiger partial charge < -0.3 is 33.8 Å². The van der Waals surface area contributed by atoms with Gasteiger partial charge in [-0.25, -0.2) is 9.13 Å². The number of carbonyl (C=O) groups excluding carboxylic acids is 4. The summed E-state index contributed by atoms with van der Waals surface area (Å²) in [5, 5.41) is 10.6. The van der Waals surface area contributed by atoms with Gasteiger partial charge >= 0.3 is 39.5 Å². The number of aliphatic hydroxyl groups excluding tert-OH is 1. The van der Waals surface area contributed by atoms with Gasteiger partial charge in [0.15, 0.2) is 12.2 Å². The van der Waals surface area contributed by atoms with Crippen LogP contribution in [0.15, 0.2) is 0 Å². The Kier molecular flexibility index (Phi) is 63.1. The lowest BCUT2D eigenvalue weighted by molar-refractivity contribution is -0.161. The van der Waals surface area contributed by atoms with Gasteiger partial charge in [0, 0.05) is 25.7 Å². The zero-order valence-electron chi connectivity index (χ0n) is 61.6. The minimum atomic E-state index is -4.96. The standard InChI is InChI=1S/C75H146O17P2/c1-65(2)51-43-35-27-20-16-12-10-9-11-13-18-22-31-39-47-55-72(77)85-61-70(91-74(79)57-49-41-32-23-19-15-14-17-21-28-36-44-52-66(3)4)63-89-93(81,82)87-59-69(76)60-88-94(83,84)90-64-71(62-86-73(78)56-48-40-34-26-30-38-46-54-68(7)8)92-75(80)58-50-42-33-25-24-29-37-45-53-67(5)6/h65-71,76H,9-64H2,1-8H3,(H,81,82)(H,83,84)/t69?,70-,71-/m1/s1. The number of rotatable bonds is 72. The Bertz CT molecular complexity index is 1850. The maximum absolute atomic E-state index is 13.1. The first-order valence-electron chi connectivity index (χ1n) is 38.7. The number of carbonyl (C=O) groups is 4. The lowest BCUT2D eigenvalue weighted by atomic mass is 10.0. The van der Waals surface area contributed by atoms with Gasteiger partial charge in [0.2, 0.25) is 0 Å². The van der Waals surface area contributed by atoms with Gasteiger partial charge in [0.25, 0.3) is 0 Å². The van der Waals surface area contributed by atoms with E-state index in [9.17, 15) is 43.2 Å². The smallest absolute Gasteiger partial charge is 0.462 e. The fourth-order valence-corrected chi connectivity index (χ4v) is 13.0. The molecule has 0 saturated heterocycles. The quantitative estimate of drug-likeness (QED) is 0.0222. The maximum Gasteiger partial charge on any atom is 0.472 e. The minimum absolute atomic E-state index is 0.103. The minimum Gasteiger partial charge on any atom is -0.462 e. The molecule has 0 amide bonds. The van der Waals surface area contributed by atoms with E-state index in [0.29, 0.717) is 31.6 Å². The largest absolute Gasteiger partial charge is 0.472 e. The molecule has 0 aliphatic carbocycles. The van der Waals surface area contributed by atoms with Crippen LogP contribution < -0.4 is 0 Å². The second-order valence-corrected chi connectivity index (χ2v) is 31.9. The molecule has 0 aromatic rings. The third-order valence-corrected chi connectivity index (χ3v) is 19.2. The van der Waals surface area contributed by atoms with Gasteiger partial charge in [0.05, 0.1) is 26.4 Å². The number of hydrogen-bond acceptors (Lipinski definition) is 15. The highest BCUT2D eigenvalue weighted by molar-refractivity contribution is 7.47. The molecule has 558 valence electrons. The lowest BCUT2D eigenvalue weighted by Gasteiger charge is -2.21. The molecule has 94 heavy (non-hydrogen) atoms. The van der Waals surface area contributed by atoms with E-state index >= 15 is 0 Å². The molecule has 3 unspecified atom stereocenters. The highest BCUT2D eigenvalue weighted by atomic mass is 31.2. The monoisotopic (exact) mass is 1380 g/mol. The Balaban J connectivity index is 5.23. The van der Waals surface area contributed by atoms with Crippen molar-refractivity contribution >= 4 is 39.5 Å². The molecular weight excluding hydrogens is 1230 g/mol. The highest BCUT2D eigenvalue weighted by Crippen LogP contribution is 2.45. The van der Waals surface area contributed by atoms with E-state index in [-0.39, 0.29) is 25.7 Å². The van der Waals surface area contributed by atoms with Crippen molar-refractivity contribution in [2.45, 2.75) is 395 Å². The third kappa shape index (κ3) is 68.6. The van der Waals surface area contributed by atoms with E-state index in [2.05, 4.69) is 55.4 Å². The van der Waals surface area contributed by atoms with Crippen molar-refractivity contribution in [2.75, 3.05) is 39.6 Å². The molecule has 0 heterocycles. The van der Waals surface area contributed by atoms with E-state index in [1.54, 1.807) is 0 Å². The third-order valence-electron chi connectivity index (χ3n) is 17.3. The molecule has 17 nitrogen and oxygen atoms in total. The van der Waals surface area contributed by atoms with Crippen LogP contribution in [0.25, 0.3) is 0 Å². The van der Waals surface area contributed by atoms with Gasteiger partial charge in [-0.1, -0.05) is 325 Å². The first-order valence-corrected chi connectivity index (χ1v) is 41.7. The van der Waals surface area contributed by atoms with Crippen LogP contribution in [-0.2, 0) is 65.4 Å². The number of hydrogen-bond donors (Lipinski definition) is 3. The molecule has 0 saturated carbocycles. The van der Waals surface area contributed by atoms with Crippen LogP contribution >= 0.6 is 15.6 Å². The number of unbranched alkanes of at least 4 members (excludes halogenated alkanes) is 38. The normalized spacial score (nSPS) is 14.2. The first-order chi connectivity index (χ1) is 45.1. The summed E-state index contributed by atoms with van der Waals surface area (Å²) in [6.45, 7) is 14.1. The van der Waals surface area contributed by atoms with Gasteiger partial charge in [0.1, 0.15) is 19.3 Å². The van der Waals surface area contributed by atoms with Crippen molar-refractivity contribution in [1.82, 2.24) is 0 Å². The van der Waals surface area contributed by atoms with Crippen LogP contribution in [0.1, 0.15) is 376 Å². The Morgan fingerprint density at radius 3 is 0.660 bits per heavy atom. The van der Waals surface area contributed by atoms with Crippen molar-refractivity contribution in [1.29, 1.82) is 0 Å². The first kappa shape index (κ1) is 92.1. The zero-order valence-corrected chi connectivity index (χ0v) is 63.4. The molecule has 0 spiro atoms. The van der Waals surface area contributed by atoms with Crippen LogP contribution in [-0.4, -0.2) is 96.7 Å². The van der Waals surface area contributed by atoms with E-state index in [4.69, 9.17) is 37.0 Å². The van der Waals surface area contributed by atoms with Crippen LogP contribution in [0, 0.1) is 23.7 Å². The summed E-state index contributed by atoms with van der Waals surface area (Å²) in [6.07, 6.45) is 48.7. The topological polar surface area (TPSA) is 237 Å². The fraction of sp³-hybridized carbons (Fsp3) is 0.947. The predicted molar refractivity (Wildman–Crippen MR) is 381 cm³/mol. The molecule has 0 bridgehead atoms. The number of aliphatic hydroxyl groups is 1. The SMILES string of the molecule is CC(C)CCCCCCCCCCCCCCCCCC(=O)OC[C@H](COP(=O)(O)OCC(O)COP(=O)(O)OC[C@@H](COC(=O)CCCCCCCCCC(C)C)OC(=O)CCCCCCCCCCC(C)C)OC(=O)CCCCCCCCCCCCCCC(C)C. The summed E-state index contributed by atoms with van der Waals surface area (Å²) < 4.78 is 68.4. The summed E-state index contributed by atoms with van der Waals surface area (Å²) in [6, 6.07) is 0. The Morgan fingerprint density at radius 2 is 0.447 bits per heavy atom. The number of phosphoric ester groups is 2. The average Bonchev–Trinajstić information content (AvgIpc) is 1.28. The molecule has 0 rings (SSSR count). The van der Waals surface area contributed by atoms with Crippen LogP contribution in [0.4, 0.5) is 0 Å². The summed E-state index contributed by atoms with van der Waals surface area (Å²) in [4.78, 5) is 72.7. The second kappa shape index (κ2) is 64.4. The number of phosphoric acid groups is 2. The lowest BCUT2D eigenvalue weighted by Crippen LogP contribution is -2.30. The molecule has 0 aliphatic rings. The van der Waals surface area contributed by atoms with Crippen molar-refractivity contribution in [2.24, 2.45) is 23.7 Å². The molecular formula is C75H146O17P2. The molecule has 0 radical (unpaired) electrons. The molecule has 5 atom stereocenters. The molecule has 19 heteroatoms. The zero-order chi connectivity index (χ0) is 69.6. The van der Waals surface area contributed by atoms with E-state index in [1.165, 1.54) is 173 Å². The van der Waals surface area contributed by atoms with E-state index < -0.39 is 97.5 Å². The van der Waals surface area contributed by atoms with E-state index in [0.717, 1.165) is 114 Å². The van der Waals surface area contributed by atoms with Gasteiger partial charge in [-0.05, 0) is 49.4 Å². The summed E-state index contributed by atoms with van der Waals surface area (Å²) in [5.74, 6) is 0.882. The maximum atomic E-state index is 13.1. The van der Waals surface area contributed by atoms with Crippen LogP contribution in [0.5, 0.6) is 0 Å². The molecule has 0 aromatic heterocycles. The summed E-state index contributed by atoms with van der Waals surface area (Å²) >= 11 is 0. The highest BCUT2D eigenvalue weighted by Gasteiger charge is 2.30. The summed E-state index contributed by atoms with van der Waals surface area (Å²) in [5.41, 5.74) is 0. The molecule has 0 fully saturated rings. The fourth-order valence-electron chi connectivity index (χ4n) is 11.4. The van der Waals surface area contributed by atoms with Crippen LogP contribution in [0.2, 0.25) is 0 Å². The number of esters is 4. The van der Waals surface area contributed by atoms with Crippen molar-refractivity contribution in [3.8, 4) is 0 Å². The van der Waals surface area contributed by atoms with Crippen molar-refractivity contribution in [3.63, 3.8) is 0 Å². The Morgan fingerprint density at radius 1 is 0.266 bits per heavy atom. The Hall–Kier alpha value is -1.94. The number of ether oxygens (including phenoxy) is 4. The van der Waals surface area contributed by atoms with Crippen molar-refractivity contribution in [3.05, 3.63) is 0 Å². The molecule has 0 aliphatic heterocycles. The van der Waals surface area contributed by atoms with Gasteiger partial charge in [-0.15, -0.1) is 0 Å². The van der Waals surface area contributed by atoms with Gasteiger partial charge in [-0.2, -0.15) is 0 Å². The predicted octanol–water partition coefficient (Wildman–Crippen LogP) is 21.7. The van der Waals surface area contributed by atoms with Crippen LogP contribution in [0.3, 0.4) is 0 Å². The molecule has 3 N–H and O–H groups in total. The average molecular weight is 1380 g/mol. The second-order valence-electron chi connectivity index (χ2n) is 28.9. The van der Waals surface area contributed by atoms with Gasteiger partial charge in [-0.3, -0.25) is 37.3 Å². The molecule has 0 aromatic carbocycles. The summed E-state index contributed by atoms with van der Waals surface area (Å²) in [7, 11) is -9.91. The van der Waals surface area contributed by atoms with E-state index in [1.807, 2.05) is 0 Å².